The third-order valence-electron chi connectivity index (χ3n) is 3.15. The second-order valence-corrected chi connectivity index (χ2v) is 4.31. The summed E-state index contributed by atoms with van der Waals surface area (Å²) in [5.74, 6) is 0. The van der Waals surface area contributed by atoms with Crippen LogP contribution in [0.25, 0.3) is 0 Å². The van der Waals surface area contributed by atoms with E-state index in [1.165, 1.54) is 29.5 Å². The summed E-state index contributed by atoms with van der Waals surface area (Å²) in [5, 5.41) is 3.58. The topological polar surface area (TPSA) is 12.0 Å². The molecule has 0 aromatic heterocycles. The summed E-state index contributed by atoms with van der Waals surface area (Å²) < 4.78 is 0. The lowest BCUT2D eigenvalue weighted by Gasteiger charge is -2.15. The first-order chi connectivity index (χ1) is 7.17. The van der Waals surface area contributed by atoms with Crippen molar-refractivity contribution in [2.45, 2.75) is 53.1 Å². The van der Waals surface area contributed by atoms with Crippen LogP contribution < -0.4 is 5.32 Å². The summed E-state index contributed by atoms with van der Waals surface area (Å²) in [6.07, 6.45) is 2.42. The Hall–Kier alpha value is -0.820. The van der Waals surface area contributed by atoms with Crippen molar-refractivity contribution in [2.24, 2.45) is 0 Å². The van der Waals surface area contributed by atoms with Crippen LogP contribution in [0.1, 0.15) is 43.4 Å². The van der Waals surface area contributed by atoms with Gasteiger partial charge in [-0.05, 0) is 43.4 Å². The molecule has 1 heteroatoms. The molecule has 1 aromatic carbocycles. The minimum absolute atomic E-state index is 0.659. The van der Waals surface area contributed by atoms with Crippen LogP contribution in [-0.2, 0) is 6.54 Å². The fourth-order valence-corrected chi connectivity index (χ4v) is 1.75. The van der Waals surface area contributed by atoms with Gasteiger partial charge in [-0.25, -0.2) is 0 Å². The maximum Gasteiger partial charge on any atom is 0.0208 e. The van der Waals surface area contributed by atoms with Crippen molar-refractivity contribution >= 4 is 0 Å². The Bertz CT molecular complexity index is 300. The fourth-order valence-electron chi connectivity index (χ4n) is 1.75. The molecule has 0 amide bonds. The smallest absolute Gasteiger partial charge is 0.0208 e. The molecule has 15 heavy (non-hydrogen) atoms. The van der Waals surface area contributed by atoms with Gasteiger partial charge in [-0.15, -0.1) is 0 Å². The summed E-state index contributed by atoms with van der Waals surface area (Å²) in [6, 6.07) is 7.37. The van der Waals surface area contributed by atoms with Crippen LogP contribution in [0.2, 0.25) is 0 Å². The molecular formula is C14H23N. The van der Waals surface area contributed by atoms with E-state index in [9.17, 15) is 0 Å². The molecule has 0 fully saturated rings. The lowest BCUT2D eigenvalue weighted by molar-refractivity contribution is 0.484. The standard InChI is InChI=1S/C14H23N/c1-5-14(6-2)15-10-13-8-7-11(3)12(4)9-13/h7-9,14-15H,5-6,10H2,1-4H3. The van der Waals surface area contributed by atoms with Gasteiger partial charge < -0.3 is 5.32 Å². The van der Waals surface area contributed by atoms with Crippen molar-refractivity contribution in [1.82, 2.24) is 5.32 Å². The Morgan fingerprint density at radius 2 is 1.73 bits per heavy atom. The molecule has 0 saturated carbocycles. The molecule has 0 saturated heterocycles. The van der Waals surface area contributed by atoms with E-state index >= 15 is 0 Å². The minimum Gasteiger partial charge on any atom is -0.310 e. The van der Waals surface area contributed by atoms with Crippen molar-refractivity contribution < 1.29 is 0 Å². The Labute approximate surface area is 93.9 Å². The van der Waals surface area contributed by atoms with Gasteiger partial charge in [0.25, 0.3) is 0 Å². The summed E-state index contributed by atoms with van der Waals surface area (Å²) in [4.78, 5) is 0. The molecule has 0 heterocycles. The maximum atomic E-state index is 3.58. The van der Waals surface area contributed by atoms with E-state index in [0.717, 1.165) is 6.54 Å². The molecule has 0 aliphatic heterocycles. The molecule has 0 spiro atoms. The Kier molecular flexibility index (Phi) is 4.83. The van der Waals surface area contributed by atoms with Gasteiger partial charge in [0.2, 0.25) is 0 Å². The van der Waals surface area contributed by atoms with E-state index in [2.05, 4.69) is 51.2 Å². The molecule has 1 rings (SSSR count). The maximum absolute atomic E-state index is 3.58. The molecule has 0 unspecified atom stereocenters. The van der Waals surface area contributed by atoms with Crippen LogP contribution in [0.3, 0.4) is 0 Å². The molecule has 1 N–H and O–H groups in total. The summed E-state index contributed by atoms with van der Waals surface area (Å²) in [7, 11) is 0. The lowest BCUT2D eigenvalue weighted by Crippen LogP contribution is -2.26. The summed E-state index contributed by atoms with van der Waals surface area (Å²) in [5.41, 5.74) is 4.16. The van der Waals surface area contributed by atoms with Gasteiger partial charge in [-0.1, -0.05) is 32.0 Å². The number of hydrogen-bond donors (Lipinski definition) is 1. The van der Waals surface area contributed by atoms with E-state index in [0.29, 0.717) is 6.04 Å². The summed E-state index contributed by atoms with van der Waals surface area (Å²) in [6.45, 7) is 9.81. The van der Waals surface area contributed by atoms with Gasteiger partial charge in [-0.3, -0.25) is 0 Å². The number of hydrogen-bond acceptors (Lipinski definition) is 1. The van der Waals surface area contributed by atoms with E-state index in [-0.39, 0.29) is 0 Å². The van der Waals surface area contributed by atoms with E-state index in [4.69, 9.17) is 0 Å². The van der Waals surface area contributed by atoms with Crippen LogP contribution in [0.4, 0.5) is 0 Å². The monoisotopic (exact) mass is 205 g/mol. The zero-order valence-corrected chi connectivity index (χ0v) is 10.4. The van der Waals surface area contributed by atoms with Crippen molar-refractivity contribution in [3.63, 3.8) is 0 Å². The largest absolute Gasteiger partial charge is 0.310 e. The van der Waals surface area contributed by atoms with Gasteiger partial charge in [0.1, 0.15) is 0 Å². The summed E-state index contributed by atoms with van der Waals surface area (Å²) >= 11 is 0. The second-order valence-electron chi connectivity index (χ2n) is 4.31. The van der Waals surface area contributed by atoms with Gasteiger partial charge in [0.15, 0.2) is 0 Å². The Morgan fingerprint density at radius 1 is 1.07 bits per heavy atom. The lowest BCUT2D eigenvalue weighted by atomic mass is 10.1. The zero-order chi connectivity index (χ0) is 11.3. The predicted molar refractivity (Wildman–Crippen MR) is 67.1 cm³/mol. The first-order valence-corrected chi connectivity index (χ1v) is 5.96. The van der Waals surface area contributed by atoms with Crippen molar-refractivity contribution in [3.05, 3.63) is 34.9 Å². The fraction of sp³-hybridized carbons (Fsp3) is 0.571. The number of benzene rings is 1. The SMILES string of the molecule is CCC(CC)NCc1ccc(C)c(C)c1. The molecule has 0 atom stereocenters. The number of rotatable bonds is 5. The van der Waals surface area contributed by atoms with Gasteiger partial charge in [0, 0.05) is 12.6 Å². The Balaban J connectivity index is 2.54. The molecule has 0 bridgehead atoms. The average molecular weight is 205 g/mol. The second kappa shape index (κ2) is 5.92. The van der Waals surface area contributed by atoms with Crippen LogP contribution in [0.5, 0.6) is 0 Å². The quantitative estimate of drug-likeness (QED) is 0.774. The number of aryl methyl sites for hydroxylation is 2. The van der Waals surface area contributed by atoms with Crippen LogP contribution in [0, 0.1) is 13.8 Å². The predicted octanol–water partition coefficient (Wildman–Crippen LogP) is 3.58. The highest BCUT2D eigenvalue weighted by molar-refractivity contribution is 5.29. The number of nitrogens with one attached hydrogen (secondary N) is 1. The van der Waals surface area contributed by atoms with Gasteiger partial charge in [-0.2, -0.15) is 0 Å². The van der Waals surface area contributed by atoms with Gasteiger partial charge in [0.05, 0.1) is 0 Å². The van der Waals surface area contributed by atoms with E-state index < -0.39 is 0 Å². The normalized spacial score (nSPS) is 11.0. The highest BCUT2D eigenvalue weighted by atomic mass is 14.9. The molecule has 0 radical (unpaired) electrons. The molecule has 0 aliphatic rings. The van der Waals surface area contributed by atoms with Crippen molar-refractivity contribution in [2.75, 3.05) is 0 Å². The van der Waals surface area contributed by atoms with Crippen molar-refractivity contribution in [3.8, 4) is 0 Å². The molecule has 1 nitrogen and oxygen atoms in total. The van der Waals surface area contributed by atoms with Crippen LogP contribution in [0.15, 0.2) is 18.2 Å². The minimum atomic E-state index is 0.659. The highest BCUT2D eigenvalue weighted by Crippen LogP contribution is 2.10. The first kappa shape index (κ1) is 12.3. The average Bonchev–Trinajstić information content (AvgIpc) is 2.24. The van der Waals surface area contributed by atoms with E-state index in [1.54, 1.807) is 0 Å². The Morgan fingerprint density at radius 3 is 2.27 bits per heavy atom. The van der Waals surface area contributed by atoms with Crippen LogP contribution in [-0.4, -0.2) is 6.04 Å². The third kappa shape index (κ3) is 3.67. The van der Waals surface area contributed by atoms with Crippen molar-refractivity contribution in [1.29, 1.82) is 0 Å². The zero-order valence-electron chi connectivity index (χ0n) is 10.4. The first-order valence-electron chi connectivity index (χ1n) is 5.96. The highest BCUT2D eigenvalue weighted by Gasteiger charge is 2.02. The molecular weight excluding hydrogens is 182 g/mol. The molecule has 1 aromatic rings. The van der Waals surface area contributed by atoms with Crippen LogP contribution >= 0.6 is 0 Å². The molecule has 0 aliphatic carbocycles. The third-order valence-corrected chi connectivity index (χ3v) is 3.15. The molecule has 84 valence electrons. The van der Waals surface area contributed by atoms with Gasteiger partial charge >= 0.3 is 0 Å². The van der Waals surface area contributed by atoms with E-state index in [1.807, 2.05) is 0 Å².